The number of halogens is 1. The van der Waals surface area contributed by atoms with Gasteiger partial charge in [0.15, 0.2) is 0 Å². The molecule has 0 fully saturated rings. The molecule has 7 nitrogen and oxygen atoms in total. The van der Waals surface area contributed by atoms with Crippen molar-refractivity contribution in [3.63, 3.8) is 0 Å². The SMILES string of the molecule is CCOC(=O)c1sc(/N=C/c2c(C)[nH]n(-c3ccccc3)c2=O)c(C#N)c1C.Cl. The van der Waals surface area contributed by atoms with Gasteiger partial charge in [-0.15, -0.1) is 23.7 Å². The summed E-state index contributed by atoms with van der Waals surface area (Å²) in [7, 11) is 0. The van der Waals surface area contributed by atoms with Crippen molar-refractivity contribution in [2.45, 2.75) is 20.8 Å². The summed E-state index contributed by atoms with van der Waals surface area (Å²) in [5, 5.41) is 12.8. The van der Waals surface area contributed by atoms with E-state index in [2.05, 4.69) is 16.2 Å². The van der Waals surface area contributed by atoms with Gasteiger partial charge >= 0.3 is 5.97 Å². The summed E-state index contributed by atoms with van der Waals surface area (Å²) in [6.07, 6.45) is 1.43. The molecule has 0 radical (unpaired) electrons. The maximum absolute atomic E-state index is 12.7. The van der Waals surface area contributed by atoms with E-state index in [9.17, 15) is 14.9 Å². The summed E-state index contributed by atoms with van der Waals surface area (Å²) in [4.78, 5) is 29.5. The van der Waals surface area contributed by atoms with Crippen molar-refractivity contribution < 1.29 is 9.53 Å². The Hall–Kier alpha value is -3.15. The summed E-state index contributed by atoms with van der Waals surface area (Å²) < 4.78 is 6.46. The number of H-pyrrole nitrogens is 1. The second kappa shape index (κ2) is 9.37. The second-order valence-corrected chi connectivity index (χ2v) is 6.95. The van der Waals surface area contributed by atoms with E-state index < -0.39 is 5.97 Å². The molecule has 2 aromatic heterocycles. The number of hydrogen-bond donors (Lipinski definition) is 1. The fourth-order valence-corrected chi connectivity index (χ4v) is 3.70. The van der Waals surface area contributed by atoms with Crippen molar-refractivity contribution in [3.8, 4) is 11.8 Å². The number of hydrogen-bond acceptors (Lipinski definition) is 6. The molecule has 29 heavy (non-hydrogen) atoms. The Morgan fingerprint density at radius 3 is 2.66 bits per heavy atom. The molecule has 0 atom stereocenters. The predicted molar refractivity (Wildman–Crippen MR) is 115 cm³/mol. The Morgan fingerprint density at radius 1 is 1.34 bits per heavy atom. The highest BCUT2D eigenvalue weighted by Gasteiger charge is 2.21. The van der Waals surface area contributed by atoms with Gasteiger partial charge in [-0.05, 0) is 38.5 Å². The standard InChI is InChI=1S/C20H18N4O3S.ClH/c1-4-27-20(26)17-12(2)15(10-21)18(28-17)22-11-16-13(3)23-24(19(16)25)14-8-6-5-7-9-14;/h5-9,11,23H,4H2,1-3H3;1H/b22-11+;. The number of thiophene rings is 1. The van der Waals surface area contributed by atoms with Crippen LogP contribution in [0.4, 0.5) is 5.00 Å². The van der Waals surface area contributed by atoms with Crippen LogP contribution in [0.5, 0.6) is 0 Å². The lowest BCUT2D eigenvalue weighted by Crippen LogP contribution is -2.17. The lowest BCUT2D eigenvalue weighted by atomic mass is 10.2. The van der Waals surface area contributed by atoms with Gasteiger partial charge in [0.1, 0.15) is 15.9 Å². The highest BCUT2D eigenvalue weighted by molar-refractivity contribution is 7.18. The van der Waals surface area contributed by atoms with Gasteiger partial charge in [-0.25, -0.2) is 14.5 Å². The molecule has 0 saturated heterocycles. The molecule has 3 aromatic rings. The third-order valence-corrected chi connectivity index (χ3v) is 5.32. The molecule has 1 aromatic carbocycles. The average molecular weight is 431 g/mol. The van der Waals surface area contributed by atoms with Gasteiger partial charge in [0.2, 0.25) is 0 Å². The first kappa shape index (κ1) is 22.1. The topological polar surface area (TPSA) is 100 Å². The fourth-order valence-electron chi connectivity index (χ4n) is 2.71. The molecule has 0 aliphatic rings. The van der Waals surface area contributed by atoms with Crippen molar-refractivity contribution in [2.24, 2.45) is 4.99 Å². The number of nitrogens with one attached hydrogen (secondary N) is 1. The quantitative estimate of drug-likeness (QED) is 0.487. The van der Waals surface area contributed by atoms with Gasteiger partial charge in [0.25, 0.3) is 5.56 Å². The summed E-state index contributed by atoms with van der Waals surface area (Å²) in [6.45, 7) is 5.43. The molecular formula is C20H19ClN4O3S. The molecule has 9 heteroatoms. The minimum atomic E-state index is -0.479. The van der Waals surface area contributed by atoms with Crippen LogP contribution in [0.15, 0.2) is 40.1 Å². The number of ether oxygens (including phenoxy) is 1. The first-order valence-electron chi connectivity index (χ1n) is 8.59. The number of benzene rings is 1. The Morgan fingerprint density at radius 2 is 2.03 bits per heavy atom. The Labute approximate surface area is 177 Å². The third kappa shape index (κ3) is 4.31. The number of nitrogens with zero attached hydrogens (tertiary/aromatic N) is 3. The van der Waals surface area contributed by atoms with Crippen LogP contribution in [0.1, 0.15) is 39.0 Å². The molecule has 0 saturated carbocycles. The van der Waals surface area contributed by atoms with Gasteiger partial charge in [0, 0.05) is 11.9 Å². The van der Waals surface area contributed by atoms with Crippen molar-refractivity contribution >= 4 is 40.9 Å². The van der Waals surface area contributed by atoms with Crippen LogP contribution in [0.2, 0.25) is 0 Å². The molecule has 0 bridgehead atoms. The number of rotatable bonds is 5. The lowest BCUT2D eigenvalue weighted by molar-refractivity contribution is 0.0531. The number of carbonyl (C=O) groups excluding carboxylic acids is 1. The van der Waals surface area contributed by atoms with Gasteiger partial charge in [-0.1, -0.05) is 18.2 Å². The van der Waals surface area contributed by atoms with Crippen molar-refractivity contribution in [3.05, 3.63) is 67.9 Å². The van der Waals surface area contributed by atoms with Crippen molar-refractivity contribution in [1.29, 1.82) is 5.26 Å². The fraction of sp³-hybridized carbons (Fsp3) is 0.200. The van der Waals surface area contributed by atoms with Crippen molar-refractivity contribution in [1.82, 2.24) is 9.78 Å². The molecule has 150 valence electrons. The van der Waals surface area contributed by atoms with E-state index in [1.165, 1.54) is 10.9 Å². The Bertz CT molecular complexity index is 1150. The third-order valence-electron chi connectivity index (χ3n) is 4.14. The predicted octanol–water partition coefficient (Wildman–Crippen LogP) is 4.06. The van der Waals surface area contributed by atoms with Crippen LogP contribution in [-0.2, 0) is 4.74 Å². The van der Waals surface area contributed by atoms with E-state index in [-0.39, 0.29) is 24.6 Å². The number of aliphatic imine (C=N–C) groups is 1. The summed E-state index contributed by atoms with van der Waals surface area (Å²) in [5.41, 5.74) is 2.34. The Balaban J connectivity index is 0.00000300. The monoisotopic (exact) mass is 430 g/mol. The first-order chi connectivity index (χ1) is 13.5. The van der Waals surface area contributed by atoms with Gasteiger partial charge in [0.05, 0.1) is 23.4 Å². The molecule has 0 unspecified atom stereocenters. The average Bonchev–Trinajstić information content (AvgIpc) is 3.16. The molecule has 1 N–H and O–H groups in total. The lowest BCUT2D eigenvalue weighted by Gasteiger charge is -1.99. The van der Waals surface area contributed by atoms with Crippen LogP contribution in [-0.4, -0.2) is 28.6 Å². The normalized spacial score (nSPS) is 10.6. The smallest absolute Gasteiger partial charge is 0.348 e. The maximum atomic E-state index is 12.7. The van der Waals surface area contributed by atoms with E-state index in [1.807, 2.05) is 30.3 Å². The summed E-state index contributed by atoms with van der Waals surface area (Å²) >= 11 is 1.08. The second-order valence-electron chi connectivity index (χ2n) is 5.95. The zero-order valence-corrected chi connectivity index (χ0v) is 17.7. The first-order valence-corrected chi connectivity index (χ1v) is 9.41. The van der Waals surface area contributed by atoms with E-state index in [0.717, 1.165) is 11.3 Å². The number of aryl methyl sites for hydroxylation is 1. The summed E-state index contributed by atoms with van der Waals surface area (Å²) in [5.74, 6) is -0.479. The van der Waals surface area contributed by atoms with E-state index in [0.29, 0.717) is 37.9 Å². The van der Waals surface area contributed by atoms with Gasteiger partial charge in [-0.3, -0.25) is 9.89 Å². The molecule has 2 heterocycles. The maximum Gasteiger partial charge on any atom is 0.348 e. The number of aromatic nitrogens is 2. The largest absolute Gasteiger partial charge is 0.462 e. The van der Waals surface area contributed by atoms with Crippen LogP contribution in [0, 0.1) is 25.2 Å². The number of para-hydroxylation sites is 1. The van der Waals surface area contributed by atoms with Crippen LogP contribution in [0.3, 0.4) is 0 Å². The molecule has 3 rings (SSSR count). The summed E-state index contributed by atoms with van der Waals surface area (Å²) in [6, 6.07) is 11.3. The van der Waals surface area contributed by atoms with Crippen LogP contribution < -0.4 is 5.56 Å². The zero-order chi connectivity index (χ0) is 20.3. The van der Waals surface area contributed by atoms with Crippen LogP contribution in [0.25, 0.3) is 5.69 Å². The Kier molecular flexibility index (Phi) is 7.15. The molecule has 0 aliphatic heterocycles. The van der Waals surface area contributed by atoms with Crippen molar-refractivity contribution in [2.75, 3.05) is 6.61 Å². The highest BCUT2D eigenvalue weighted by atomic mass is 35.5. The van der Waals surface area contributed by atoms with Gasteiger partial charge in [-0.2, -0.15) is 5.26 Å². The minimum Gasteiger partial charge on any atom is -0.462 e. The minimum absolute atomic E-state index is 0. The molecule has 0 spiro atoms. The highest BCUT2D eigenvalue weighted by Crippen LogP contribution is 2.35. The molecule has 0 aliphatic carbocycles. The van der Waals surface area contributed by atoms with Crippen LogP contribution >= 0.6 is 23.7 Å². The van der Waals surface area contributed by atoms with E-state index >= 15 is 0 Å². The number of aromatic amines is 1. The van der Waals surface area contributed by atoms with Gasteiger partial charge < -0.3 is 4.74 Å². The van der Waals surface area contributed by atoms with E-state index in [1.54, 1.807) is 20.8 Å². The zero-order valence-electron chi connectivity index (χ0n) is 16.1. The number of nitriles is 1. The molecule has 0 amide bonds. The number of carbonyl (C=O) groups is 1. The number of esters is 1. The van der Waals surface area contributed by atoms with E-state index in [4.69, 9.17) is 4.74 Å². The molecular weight excluding hydrogens is 412 g/mol.